The van der Waals surface area contributed by atoms with Crippen molar-refractivity contribution in [2.24, 2.45) is 0 Å². The van der Waals surface area contributed by atoms with Crippen molar-refractivity contribution >= 4 is 34.3 Å². The van der Waals surface area contributed by atoms with Gasteiger partial charge in [0.25, 0.3) is 0 Å². The molecule has 1 atom stereocenters. The van der Waals surface area contributed by atoms with Gasteiger partial charge in [-0.2, -0.15) is 0 Å². The van der Waals surface area contributed by atoms with Crippen LogP contribution in [-0.2, 0) is 4.74 Å². The van der Waals surface area contributed by atoms with E-state index in [1.807, 2.05) is 18.9 Å². The number of hydrogen-bond donors (Lipinski definition) is 1. The lowest BCUT2D eigenvalue weighted by Crippen LogP contribution is -2.25. The van der Waals surface area contributed by atoms with Crippen molar-refractivity contribution in [1.29, 1.82) is 0 Å². The molecule has 0 unspecified atom stereocenters. The van der Waals surface area contributed by atoms with Crippen molar-refractivity contribution in [2.75, 3.05) is 37.5 Å². The number of nitrogens with one attached hydrogen (secondary N) is 1. The van der Waals surface area contributed by atoms with E-state index < -0.39 is 0 Å². The summed E-state index contributed by atoms with van der Waals surface area (Å²) in [5.41, 5.74) is 1.80. The summed E-state index contributed by atoms with van der Waals surface area (Å²) in [6.07, 6.45) is 0.858. The first-order valence-electron chi connectivity index (χ1n) is 8.41. The topological polar surface area (TPSA) is 102 Å². The SMILES string of the molecule is COCCCNc1nc2nonc2nc1N(C)[C@@H](C)c1nc(C)sc1C. The van der Waals surface area contributed by atoms with Crippen molar-refractivity contribution in [1.82, 2.24) is 25.3 Å². The van der Waals surface area contributed by atoms with Gasteiger partial charge in [-0.1, -0.05) is 0 Å². The summed E-state index contributed by atoms with van der Waals surface area (Å²) < 4.78 is 9.86. The molecule has 0 radical (unpaired) electrons. The monoisotopic (exact) mass is 377 g/mol. The molecule has 0 aliphatic heterocycles. The standard InChI is InChI=1S/C16H23N7O2S/c1-9(12-10(2)26-11(3)18-12)23(4)16-15(17-7-6-8-24-5)19-13-14(20-16)22-25-21-13/h9H,6-8H2,1-5H3,(H,17,19,21)/t9-/m0/s1. The molecule has 0 saturated heterocycles. The molecular formula is C16H23N7O2S. The predicted molar refractivity (Wildman–Crippen MR) is 101 cm³/mol. The molecule has 3 aromatic heterocycles. The van der Waals surface area contributed by atoms with E-state index in [-0.39, 0.29) is 6.04 Å². The molecule has 3 rings (SSSR count). The number of ether oxygens (including phenoxy) is 1. The molecule has 0 fully saturated rings. The van der Waals surface area contributed by atoms with E-state index in [2.05, 4.69) is 44.4 Å². The lowest BCUT2D eigenvalue weighted by atomic mass is 10.2. The van der Waals surface area contributed by atoms with E-state index in [4.69, 9.17) is 9.37 Å². The van der Waals surface area contributed by atoms with Crippen LogP contribution in [0, 0.1) is 13.8 Å². The summed E-state index contributed by atoms with van der Waals surface area (Å²) in [7, 11) is 3.66. The second-order valence-corrected chi connectivity index (χ2v) is 7.45. The van der Waals surface area contributed by atoms with E-state index in [0.717, 1.165) is 17.1 Å². The Kier molecular flexibility index (Phi) is 5.62. The van der Waals surface area contributed by atoms with Crippen LogP contribution in [0.1, 0.15) is 35.0 Å². The van der Waals surface area contributed by atoms with E-state index in [1.54, 1.807) is 18.4 Å². The fourth-order valence-electron chi connectivity index (χ4n) is 2.72. The van der Waals surface area contributed by atoms with Gasteiger partial charge in [-0.05, 0) is 37.5 Å². The van der Waals surface area contributed by atoms with Gasteiger partial charge >= 0.3 is 0 Å². The van der Waals surface area contributed by atoms with Gasteiger partial charge in [0.1, 0.15) is 0 Å². The van der Waals surface area contributed by atoms with Crippen LogP contribution in [0.5, 0.6) is 0 Å². The van der Waals surface area contributed by atoms with Gasteiger partial charge in [0.15, 0.2) is 11.6 Å². The highest BCUT2D eigenvalue weighted by Gasteiger charge is 2.23. The Morgan fingerprint density at radius 1 is 1.19 bits per heavy atom. The number of fused-ring (bicyclic) bond motifs is 1. The maximum atomic E-state index is 5.10. The van der Waals surface area contributed by atoms with Gasteiger partial charge in [0.2, 0.25) is 11.3 Å². The van der Waals surface area contributed by atoms with E-state index in [9.17, 15) is 0 Å². The normalized spacial score (nSPS) is 12.5. The van der Waals surface area contributed by atoms with Gasteiger partial charge < -0.3 is 15.0 Å². The molecule has 0 amide bonds. The van der Waals surface area contributed by atoms with E-state index in [1.165, 1.54) is 4.88 Å². The Morgan fingerprint density at radius 3 is 2.58 bits per heavy atom. The van der Waals surface area contributed by atoms with E-state index in [0.29, 0.717) is 36.1 Å². The minimum absolute atomic E-state index is 0.0334. The number of aryl methyl sites for hydroxylation is 2. The number of aromatic nitrogens is 5. The predicted octanol–water partition coefficient (Wildman–Crippen LogP) is 2.73. The fourth-order valence-corrected chi connectivity index (χ4v) is 3.62. The Bertz CT molecular complexity index is 879. The largest absolute Gasteiger partial charge is 0.385 e. The summed E-state index contributed by atoms with van der Waals surface area (Å²) in [5, 5.41) is 12.0. The van der Waals surface area contributed by atoms with Crippen molar-refractivity contribution < 1.29 is 9.37 Å². The third-order valence-corrected chi connectivity index (χ3v) is 5.07. The Hall–Kier alpha value is -2.33. The van der Waals surface area contributed by atoms with Gasteiger partial charge in [0.05, 0.1) is 16.7 Å². The molecule has 3 heterocycles. The highest BCUT2D eigenvalue weighted by Crippen LogP contribution is 2.32. The first kappa shape index (κ1) is 18.5. The van der Waals surface area contributed by atoms with Crippen molar-refractivity contribution in [3.8, 4) is 0 Å². The van der Waals surface area contributed by atoms with Crippen LogP contribution in [0.3, 0.4) is 0 Å². The lowest BCUT2D eigenvalue weighted by molar-refractivity contribution is 0.198. The first-order chi connectivity index (χ1) is 12.5. The van der Waals surface area contributed by atoms with Crippen molar-refractivity contribution in [3.05, 3.63) is 15.6 Å². The number of rotatable bonds is 8. The van der Waals surface area contributed by atoms with Crippen LogP contribution in [0.2, 0.25) is 0 Å². The van der Waals surface area contributed by atoms with Crippen LogP contribution in [0.4, 0.5) is 11.6 Å². The van der Waals surface area contributed by atoms with E-state index >= 15 is 0 Å². The first-order valence-corrected chi connectivity index (χ1v) is 9.22. The summed E-state index contributed by atoms with van der Waals surface area (Å²) in [4.78, 5) is 17.0. The third kappa shape index (κ3) is 3.75. The van der Waals surface area contributed by atoms with Gasteiger partial charge in [-0.3, -0.25) is 0 Å². The molecule has 140 valence electrons. The zero-order valence-electron chi connectivity index (χ0n) is 15.6. The highest BCUT2D eigenvalue weighted by molar-refractivity contribution is 7.11. The number of anilines is 2. The maximum absolute atomic E-state index is 5.10. The molecule has 10 heteroatoms. The highest BCUT2D eigenvalue weighted by atomic mass is 32.1. The molecule has 3 aromatic rings. The zero-order chi connectivity index (χ0) is 18.7. The average molecular weight is 377 g/mol. The molecule has 0 saturated carbocycles. The van der Waals surface area contributed by atoms with Gasteiger partial charge in [0, 0.05) is 32.2 Å². The van der Waals surface area contributed by atoms with Gasteiger partial charge in [-0.15, -0.1) is 11.3 Å². The molecule has 0 aliphatic carbocycles. The summed E-state index contributed by atoms with van der Waals surface area (Å²) in [5.74, 6) is 1.33. The number of thiazole rings is 1. The van der Waals surface area contributed by atoms with Crippen LogP contribution in [0.15, 0.2) is 4.63 Å². The van der Waals surface area contributed by atoms with Crippen molar-refractivity contribution in [3.63, 3.8) is 0 Å². The van der Waals surface area contributed by atoms with Gasteiger partial charge in [-0.25, -0.2) is 19.6 Å². The maximum Gasteiger partial charge on any atom is 0.245 e. The quantitative estimate of drug-likeness (QED) is 0.593. The summed E-state index contributed by atoms with van der Waals surface area (Å²) in [6.45, 7) is 7.59. The molecule has 1 N–H and O–H groups in total. The molecule has 0 spiro atoms. The smallest absolute Gasteiger partial charge is 0.245 e. The Labute approximate surface area is 155 Å². The summed E-state index contributed by atoms with van der Waals surface area (Å²) >= 11 is 1.70. The Morgan fingerprint density at radius 2 is 1.92 bits per heavy atom. The van der Waals surface area contributed by atoms with Crippen LogP contribution in [-0.4, -0.2) is 52.6 Å². The van der Waals surface area contributed by atoms with Crippen LogP contribution < -0.4 is 10.2 Å². The zero-order valence-corrected chi connectivity index (χ0v) is 16.4. The Balaban J connectivity index is 1.91. The minimum atomic E-state index is 0.0334. The third-order valence-electron chi connectivity index (χ3n) is 4.16. The molecule has 0 aliphatic rings. The second-order valence-electron chi connectivity index (χ2n) is 6.04. The van der Waals surface area contributed by atoms with Crippen LogP contribution in [0.25, 0.3) is 11.3 Å². The molecule has 26 heavy (non-hydrogen) atoms. The minimum Gasteiger partial charge on any atom is -0.385 e. The summed E-state index contributed by atoms with van der Waals surface area (Å²) in [6, 6.07) is 0.0334. The molecular weight excluding hydrogens is 354 g/mol. The number of methoxy groups -OCH3 is 1. The lowest BCUT2D eigenvalue weighted by Gasteiger charge is -2.26. The molecule has 0 bridgehead atoms. The average Bonchev–Trinajstić information content (AvgIpc) is 3.21. The molecule has 0 aromatic carbocycles. The fraction of sp³-hybridized carbons (Fsp3) is 0.562. The number of nitrogens with zero attached hydrogens (tertiary/aromatic N) is 6. The second kappa shape index (κ2) is 7.92. The van der Waals surface area contributed by atoms with Crippen LogP contribution >= 0.6 is 11.3 Å². The number of hydrogen-bond acceptors (Lipinski definition) is 10. The molecule has 9 nitrogen and oxygen atoms in total. The van der Waals surface area contributed by atoms with Crippen molar-refractivity contribution in [2.45, 2.75) is 33.2 Å².